The Morgan fingerprint density at radius 3 is 2.44 bits per heavy atom. The number of rotatable bonds is 5. The van der Waals surface area contributed by atoms with Crippen molar-refractivity contribution in [1.29, 1.82) is 0 Å². The predicted molar refractivity (Wildman–Crippen MR) is 98.8 cm³/mol. The molecule has 1 heterocycles. The van der Waals surface area contributed by atoms with Crippen molar-refractivity contribution >= 4 is 45.0 Å². The fourth-order valence-electron chi connectivity index (χ4n) is 2.24. The number of fused-ring (bicyclic) bond motifs is 1. The van der Waals surface area contributed by atoms with Gasteiger partial charge in [-0.15, -0.1) is 11.3 Å². The highest BCUT2D eigenvalue weighted by molar-refractivity contribution is 7.21. The Morgan fingerprint density at radius 1 is 1.04 bits per heavy atom. The van der Waals surface area contributed by atoms with Crippen LogP contribution in [0, 0.1) is 0 Å². The van der Waals surface area contributed by atoms with Gasteiger partial charge in [-0.1, -0.05) is 36.7 Å². The molecule has 0 N–H and O–H groups in total. The number of benzene rings is 2. The minimum absolute atomic E-state index is 0.338. The van der Waals surface area contributed by atoms with Gasteiger partial charge in [0.25, 0.3) is 0 Å². The molecule has 0 fully saturated rings. The maximum Gasteiger partial charge on any atom is 0.355 e. The van der Waals surface area contributed by atoms with Crippen LogP contribution < -0.4 is 4.74 Å². The first-order valence-electron chi connectivity index (χ1n) is 7.76. The zero-order valence-electron chi connectivity index (χ0n) is 13.5. The predicted octanol–water partition coefficient (Wildman–Crippen LogP) is 5.34. The summed E-state index contributed by atoms with van der Waals surface area (Å²) >= 11 is 7.57. The molecular formula is C19H15ClO4S. The highest BCUT2D eigenvalue weighted by Crippen LogP contribution is 2.35. The lowest BCUT2D eigenvalue weighted by Gasteiger charge is -2.05. The van der Waals surface area contributed by atoms with Crippen LogP contribution in [0.2, 0.25) is 5.02 Å². The summed E-state index contributed by atoms with van der Waals surface area (Å²) in [7, 11) is 0. The number of carbonyl (C=O) groups excluding carboxylic acids is 2. The average molecular weight is 375 g/mol. The quantitative estimate of drug-likeness (QED) is 0.446. The molecule has 0 bridgehead atoms. The standard InChI is InChI=1S/C19H15ClO4S/c1-2-11-23-18(21)12-7-9-13(10-8-12)24-19(22)17-16(20)14-5-3-4-6-15(14)25-17/h3-10H,2,11H2,1H3. The lowest BCUT2D eigenvalue weighted by atomic mass is 10.2. The van der Waals surface area contributed by atoms with Gasteiger partial charge in [-0.05, 0) is 36.8 Å². The summed E-state index contributed by atoms with van der Waals surface area (Å²) in [6, 6.07) is 13.8. The lowest BCUT2D eigenvalue weighted by molar-refractivity contribution is 0.0505. The van der Waals surface area contributed by atoms with E-state index in [1.54, 1.807) is 24.3 Å². The van der Waals surface area contributed by atoms with Crippen molar-refractivity contribution in [3.63, 3.8) is 0 Å². The fraction of sp³-hybridized carbons (Fsp3) is 0.158. The van der Waals surface area contributed by atoms with Gasteiger partial charge in [-0.3, -0.25) is 0 Å². The van der Waals surface area contributed by atoms with E-state index < -0.39 is 11.9 Å². The van der Waals surface area contributed by atoms with Gasteiger partial charge in [0.15, 0.2) is 0 Å². The molecule has 128 valence electrons. The number of halogens is 1. The monoisotopic (exact) mass is 374 g/mol. The molecule has 0 saturated carbocycles. The summed E-state index contributed by atoms with van der Waals surface area (Å²) in [6.07, 6.45) is 0.761. The zero-order chi connectivity index (χ0) is 17.8. The summed E-state index contributed by atoms with van der Waals surface area (Å²) in [5.74, 6) is -0.578. The summed E-state index contributed by atoms with van der Waals surface area (Å²) in [5, 5.41) is 1.22. The van der Waals surface area contributed by atoms with E-state index in [1.165, 1.54) is 11.3 Å². The molecule has 0 aliphatic carbocycles. The van der Waals surface area contributed by atoms with Gasteiger partial charge >= 0.3 is 11.9 Å². The molecule has 0 radical (unpaired) electrons. The minimum Gasteiger partial charge on any atom is -0.462 e. The van der Waals surface area contributed by atoms with Crippen molar-refractivity contribution in [2.75, 3.05) is 6.61 Å². The first kappa shape index (κ1) is 17.5. The van der Waals surface area contributed by atoms with E-state index in [0.717, 1.165) is 16.5 Å². The van der Waals surface area contributed by atoms with E-state index in [4.69, 9.17) is 21.1 Å². The SMILES string of the molecule is CCCOC(=O)c1ccc(OC(=O)c2sc3ccccc3c2Cl)cc1. The van der Waals surface area contributed by atoms with Gasteiger partial charge in [-0.2, -0.15) is 0 Å². The van der Waals surface area contributed by atoms with Gasteiger partial charge < -0.3 is 9.47 Å². The Bertz CT molecular complexity index is 915. The summed E-state index contributed by atoms with van der Waals surface area (Å²) in [5.41, 5.74) is 0.410. The van der Waals surface area contributed by atoms with E-state index in [0.29, 0.717) is 27.8 Å². The Kier molecular flexibility index (Phi) is 5.36. The molecular weight excluding hydrogens is 360 g/mol. The number of hydrogen-bond donors (Lipinski definition) is 0. The van der Waals surface area contributed by atoms with Crippen molar-refractivity contribution in [2.45, 2.75) is 13.3 Å². The topological polar surface area (TPSA) is 52.6 Å². The maximum absolute atomic E-state index is 12.4. The van der Waals surface area contributed by atoms with E-state index in [1.807, 2.05) is 31.2 Å². The second-order valence-corrected chi connectivity index (χ2v) is 6.72. The van der Waals surface area contributed by atoms with Gasteiger partial charge in [0.05, 0.1) is 17.2 Å². The molecule has 0 amide bonds. The second kappa shape index (κ2) is 7.68. The van der Waals surface area contributed by atoms with E-state index in [9.17, 15) is 9.59 Å². The van der Waals surface area contributed by atoms with E-state index in [2.05, 4.69) is 0 Å². The molecule has 0 aliphatic rings. The number of thiophene rings is 1. The highest BCUT2D eigenvalue weighted by Gasteiger charge is 2.19. The first-order chi connectivity index (χ1) is 12.1. The van der Waals surface area contributed by atoms with Crippen molar-refractivity contribution < 1.29 is 19.1 Å². The Labute approximate surface area is 153 Å². The van der Waals surface area contributed by atoms with Crippen LogP contribution in [0.4, 0.5) is 0 Å². The third kappa shape index (κ3) is 3.83. The molecule has 0 aliphatic heterocycles. The molecule has 0 unspecified atom stereocenters. The van der Waals surface area contributed by atoms with Gasteiger partial charge in [0, 0.05) is 10.1 Å². The Morgan fingerprint density at radius 2 is 1.76 bits per heavy atom. The van der Waals surface area contributed by atoms with Crippen molar-refractivity contribution in [3.8, 4) is 5.75 Å². The fourth-order valence-corrected chi connectivity index (χ4v) is 3.62. The number of ether oxygens (including phenoxy) is 2. The number of carbonyl (C=O) groups is 2. The van der Waals surface area contributed by atoms with Crippen molar-refractivity contribution in [2.24, 2.45) is 0 Å². The molecule has 0 atom stereocenters. The minimum atomic E-state index is -0.521. The van der Waals surface area contributed by atoms with Crippen LogP contribution in [0.3, 0.4) is 0 Å². The van der Waals surface area contributed by atoms with Gasteiger partial charge in [0.1, 0.15) is 10.6 Å². The summed E-state index contributed by atoms with van der Waals surface area (Å²) in [4.78, 5) is 24.5. The Balaban J connectivity index is 1.74. The highest BCUT2D eigenvalue weighted by atomic mass is 35.5. The molecule has 0 spiro atoms. The molecule has 2 aromatic carbocycles. The zero-order valence-corrected chi connectivity index (χ0v) is 15.0. The first-order valence-corrected chi connectivity index (χ1v) is 8.96. The maximum atomic E-state index is 12.4. The smallest absolute Gasteiger partial charge is 0.355 e. The van der Waals surface area contributed by atoms with Crippen molar-refractivity contribution in [1.82, 2.24) is 0 Å². The summed E-state index contributed by atoms with van der Waals surface area (Å²) < 4.78 is 11.3. The molecule has 25 heavy (non-hydrogen) atoms. The van der Waals surface area contributed by atoms with Crippen LogP contribution in [-0.2, 0) is 4.74 Å². The molecule has 4 nitrogen and oxygen atoms in total. The van der Waals surface area contributed by atoms with Crippen LogP contribution >= 0.6 is 22.9 Å². The average Bonchev–Trinajstić information content (AvgIpc) is 2.97. The summed E-state index contributed by atoms with van der Waals surface area (Å²) in [6.45, 7) is 2.30. The second-order valence-electron chi connectivity index (χ2n) is 5.29. The molecule has 0 saturated heterocycles. The van der Waals surface area contributed by atoms with Crippen LogP contribution in [-0.4, -0.2) is 18.5 Å². The largest absolute Gasteiger partial charge is 0.462 e. The molecule has 6 heteroatoms. The third-order valence-corrected chi connectivity index (χ3v) is 5.11. The van der Waals surface area contributed by atoms with Gasteiger partial charge in [0.2, 0.25) is 0 Å². The van der Waals surface area contributed by atoms with E-state index >= 15 is 0 Å². The van der Waals surface area contributed by atoms with Crippen LogP contribution in [0.15, 0.2) is 48.5 Å². The molecule has 1 aromatic heterocycles. The van der Waals surface area contributed by atoms with Gasteiger partial charge in [-0.25, -0.2) is 9.59 Å². The molecule has 3 aromatic rings. The Hall–Kier alpha value is -2.37. The normalized spacial score (nSPS) is 10.6. The van der Waals surface area contributed by atoms with E-state index in [-0.39, 0.29) is 0 Å². The van der Waals surface area contributed by atoms with Crippen LogP contribution in [0.1, 0.15) is 33.4 Å². The molecule has 3 rings (SSSR count). The van der Waals surface area contributed by atoms with Crippen LogP contribution in [0.25, 0.3) is 10.1 Å². The third-order valence-electron chi connectivity index (χ3n) is 3.46. The number of hydrogen-bond acceptors (Lipinski definition) is 5. The van der Waals surface area contributed by atoms with Crippen LogP contribution in [0.5, 0.6) is 5.75 Å². The lowest BCUT2D eigenvalue weighted by Crippen LogP contribution is -2.08. The number of esters is 2. The van der Waals surface area contributed by atoms with Crippen molar-refractivity contribution in [3.05, 3.63) is 64.0 Å².